The van der Waals surface area contributed by atoms with Crippen LogP contribution in [0, 0.1) is 0 Å². The number of sulfone groups is 1. The molecule has 182 valence electrons. The first kappa shape index (κ1) is 22.9. The standard InChI is InChI=1S/C20H26N8O4S2/c1-33(29,30)28-6-2-3-14(13-28)24-18-15(17-12-22-19-16(25-17)4-5-21-19)11-23-20(26-18)27-7-9-34(31,32)10-8-27/h4-5,11-12,14H,2-3,6-10,13H2,1H3,(H,21,22)(H,23,24,26). The fourth-order valence-corrected chi connectivity index (χ4v) is 6.36. The Morgan fingerprint density at radius 1 is 1.12 bits per heavy atom. The molecule has 14 heteroatoms. The minimum Gasteiger partial charge on any atom is -0.365 e. The van der Waals surface area contributed by atoms with Crippen LogP contribution in [0.1, 0.15) is 12.8 Å². The van der Waals surface area contributed by atoms with Gasteiger partial charge < -0.3 is 15.2 Å². The van der Waals surface area contributed by atoms with Crippen molar-refractivity contribution in [3.05, 3.63) is 24.7 Å². The second kappa shape index (κ2) is 8.74. The van der Waals surface area contributed by atoms with Crippen LogP contribution in [0.25, 0.3) is 22.4 Å². The first-order valence-corrected chi connectivity index (χ1v) is 14.7. The van der Waals surface area contributed by atoms with E-state index >= 15 is 0 Å². The third-order valence-electron chi connectivity index (χ3n) is 6.13. The van der Waals surface area contributed by atoms with Crippen molar-refractivity contribution < 1.29 is 16.8 Å². The highest BCUT2D eigenvalue weighted by Gasteiger charge is 2.28. The Morgan fingerprint density at radius 2 is 1.91 bits per heavy atom. The molecule has 0 saturated carbocycles. The molecule has 2 aliphatic heterocycles. The average Bonchev–Trinajstić information content (AvgIpc) is 3.27. The lowest BCUT2D eigenvalue weighted by molar-refractivity contribution is 0.329. The quantitative estimate of drug-likeness (QED) is 0.499. The van der Waals surface area contributed by atoms with Crippen LogP contribution >= 0.6 is 0 Å². The van der Waals surface area contributed by atoms with Crippen molar-refractivity contribution in [2.75, 3.05) is 54.2 Å². The number of piperidine rings is 1. The van der Waals surface area contributed by atoms with Gasteiger partial charge in [-0.1, -0.05) is 0 Å². The van der Waals surface area contributed by atoms with Gasteiger partial charge in [0.1, 0.15) is 11.3 Å². The highest BCUT2D eigenvalue weighted by atomic mass is 32.2. The first-order chi connectivity index (χ1) is 16.2. The molecule has 2 saturated heterocycles. The first-order valence-electron chi connectivity index (χ1n) is 11.0. The van der Waals surface area contributed by atoms with Crippen LogP contribution < -0.4 is 10.2 Å². The molecule has 0 aliphatic carbocycles. The van der Waals surface area contributed by atoms with E-state index in [0.717, 1.165) is 12.8 Å². The summed E-state index contributed by atoms with van der Waals surface area (Å²) in [5, 5.41) is 3.41. The van der Waals surface area contributed by atoms with Crippen molar-refractivity contribution in [1.82, 2.24) is 29.2 Å². The fourth-order valence-electron chi connectivity index (χ4n) is 4.25. The summed E-state index contributed by atoms with van der Waals surface area (Å²) in [6.07, 6.45) is 7.80. The molecular weight excluding hydrogens is 480 g/mol. The fraction of sp³-hybridized carbons (Fsp3) is 0.500. The van der Waals surface area contributed by atoms with Crippen molar-refractivity contribution in [2.24, 2.45) is 0 Å². The number of aromatic amines is 1. The van der Waals surface area contributed by atoms with E-state index < -0.39 is 19.9 Å². The molecule has 1 atom stereocenters. The molecule has 5 rings (SSSR count). The Balaban J connectivity index is 1.49. The van der Waals surface area contributed by atoms with E-state index in [1.165, 1.54) is 10.6 Å². The van der Waals surface area contributed by atoms with Gasteiger partial charge in [0.25, 0.3) is 0 Å². The van der Waals surface area contributed by atoms with E-state index in [1.807, 2.05) is 11.0 Å². The Morgan fingerprint density at radius 3 is 2.68 bits per heavy atom. The number of fused-ring (bicyclic) bond motifs is 1. The van der Waals surface area contributed by atoms with Gasteiger partial charge >= 0.3 is 0 Å². The summed E-state index contributed by atoms with van der Waals surface area (Å²) in [6.45, 7) is 1.47. The highest BCUT2D eigenvalue weighted by Crippen LogP contribution is 2.29. The topological polar surface area (TPSA) is 154 Å². The van der Waals surface area contributed by atoms with Crippen molar-refractivity contribution >= 4 is 42.8 Å². The molecule has 2 aliphatic rings. The van der Waals surface area contributed by atoms with Crippen LogP contribution in [0.3, 0.4) is 0 Å². The van der Waals surface area contributed by atoms with E-state index in [0.29, 0.717) is 60.4 Å². The van der Waals surface area contributed by atoms with Gasteiger partial charge in [0, 0.05) is 44.6 Å². The van der Waals surface area contributed by atoms with Gasteiger partial charge in [0.05, 0.1) is 35.2 Å². The largest absolute Gasteiger partial charge is 0.365 e. The summed E-state index contributed by atoms with van der Waals surface area (Å²) in [5.41, 5.74) is 2.59. The monoisotopic (exact) mass is 506 g/mol. The van der Waals surface area contributed by atoms with Crippen LogP contribution in [0.5, 0.6) is 0 Å². The van der Waals surface area contributed by atoms with Crippen molar-refractivity contribution in [1.29, 1.82) is 0 Å². The van der Waals surface area contributed by atoms with Gasteiger partial charge in [-0.25, -0.2) is 36.1 Å². The number of H-pyrrole nitrogens is 1. The number of nitrogens with one attached hydrogen (secondary N) is 2. The third-order valence-corrected chi connectivity index (χ3v) is 9.01. The van der Waals surface area contributed by atoms with Gasteiger partial charge in [0.15, 0.2) is 15.5 Å². The van der Waals surface area contributed by atoms with E-state index in [4.69, 9.17) is 4.98 Å². The summed E-state index contributed by atoms with van der Waals surface area (Å²) in [4.78, 5) is 23.2. The molecule has 3 aromatic heterocycles. The number of rotatable bonds is 5. The predicted octanol–water partition coefficient (Wildman–Crippen LogP) is 0.486. The third kappa shape index (κ3) is 4.83. The van der Waals surface area contributed by atoms with Crippen LogP contribution in [-0.4, -0.2) is 96.0 Å². The maximum Gasteiger partial charge on any atom is 0.227 e. The molecule has 0 amide bonds. The minimum atomic E-state index is -3.30. The number of anilines is 2. The van der Waals surface area contributed by atoms with Gasteiger partial charge in [-0.3, -0.25) is 0 Å². The summed E-state index contributed by atoms with van der Waals surface area (Å²) < 4.78 is 49.3. The predicted molar refractivity (Wildman–Crippen MR) is 129 cm³/mol. The number of hydrogen-bond donors (Lipinski definition) is 2. The summed E-state index contributed by atoms with van der Waals surface area (Å²) in [5.74, 6) is 1.06. The SMILES string of the molecule is CS(=O)(=O)N1CCCC(Nc2nc(N3CCS(=O)(=O)CC3)ncc2-c2cnc3[nH]ccc3n2)C1. The molecule has 0 radical (unpaired) electrons. The van der Waals surface area contributed by atoms with Crippen molar-refractivity contribution in [3.63, 3.8) is 0 Å². The lowest BCUT2D eigenvalue weighted by Crippen LogP contribution is -2.45. The molecular formula is C20H26N8O4S2. The Bertz CT molecular complexity index is 1410. The van der Waals surface area contributed by atoms with Gasteiger partial charge in [-0.2, -0.15) is 4.98 Å². The van der Waals surface area contributed by atoms with Gasteiger partial charge in [0.2, 0.25) is 16.0 Å². The van der Waals surface area contributed by atoms with E-state index in [9.17, 15) is 16.8 Å². The summed E-state index contributed by atoms with van der Waals surface area (Å²) >= 11 is 0. The molecule has 1 unspecified atom stereocenters. The summed E-state index contributed by atoms with van der Waals surface area (Å²) in [7, 11) is -6.34. The van der Waals surface area contributed by atoms with Crippen molar-refractivity contribution in [3.8, 4) is 11.3 Å². The Labute approximate surface area is 197 Å². The zero-order valence-electron chi connectivity index (χ0n) is 18.7. The molecule has 2 fully saturated rings. The van der Waals surface area contributed by atoms with Crippen molar-refractivity contribution in [2.45, 2.75) is 18.9 Å². The van der Waals surface area contributed by atoms with Crippen LogP contribution in [0.2, 0.25) is 0 Å². The lowest BCUT2D eigenvalue weighted by atomic mass is 10.1. The number of hydrogen-bond acceptors (Lipinski definition) is 10. The smallest absolute Gasteiger partial charge is 0.227 e. The number of nitrogens with zero attached hydrogens (tertiary/aromatic N) is 6. The zero-order valence-corrected chi connectivity index (χ0v) is 20.3. The molecule has 2 N–H and O–H groups in total. The second-order valence-corrected chi connectivity index (χ2v) is 12.9. The molecule has 34 heavy (non-hydrogen) atoms. The minimum absolute atomic E-state index is 0.0580. The molecule has 0 bridgehead atoms. The van der Waals surface area contributed by atoms with Crippen LogP contribution in [0.4, 0.5) is 11.8 Å². The average molecular weight is 507 g/mol. The maximum absolute atomic E-state index is 12.1. The highest BCUT2D eigenvalue weighted by molar-refractivity contribution is 7.91. The maximum atomic E-state index is 12.1. The van der Waals surface area contributed by atoms with E-state index in [2.05, 4.69) is 25.3 Å². The van der Waals surface area contributed by atoms with Gasteiger partial charge in [-0.05, 0) is 18.9 Å². The molecule has 5 heterocycles. The number of aromatic nitrogens is 5. The molecule has 12 nitrogen and oxygen atoms in total. The van der Waals surface area contributed by atoms with E-state index in [-0.39, 0.29) is 17.5 Å². The lowest BCUT2D eigenvalue weighted by Gasteiger charge is -2.32. The van der Waals surface area contributed by atoms with Crippen LogP contribution in [-0.2, 0) is 19.9 Å². The Kier molecular flexibility index (Phi) is 5.90. The molecule has 0 spiro atoms. The molecule has 0 aromatic carbocycles. The number of sulfonamides is 1. The molecule has 3 aromatic rings. The Hall–Kier alpha value is -2.84. The van der Waals surface area contributed by atoms with Crippen LogP contribution in [0.15, 0.2) is 24.7 Å². The van der Waals surface area contributed by atoms with E-state index in [1.54, 1.807) is 18.6 Å². The summed E-state index contributed by atoms with van der Waals surface area (Å²) in [6, 6.07) is 1.68. The normalized spacial score (nSPS) is 21.6. The second-order valence-electron chi connectivity index (χ2n) is 8.64. The van der Waals surface area contributed by atoms with Gasteiger partial charge in [-0.15, -0.1) is 0 Å². The zero-order chi connectivity index (χ0) is 23.9.